The molecule has 4 atom stereocenters. The fourth-order valence-corrected chi connectivity index (χ4v) is 8.45. The maximum absolute atomic E-state index is 12.9. The van der Waals surface area contributed by atoms with E-state index in [1.54, 1.807) is 6.08 Å². The predicted molar refractivity (Wildman–Crippen MR) is 269 cm³/mol. The molecule has 10 heteroatoms. The Morgan fingerprint density at radius 3 is 1.41 bits per heavy atom. The molecule has 9 nitrogen and oxygen atoms in total. The molecular weight excluding hydrogens is 808 g/mol. The molecule has 0 aromatic rings. The van der Waals surface area contributed by atoms with Crippen LogP contribution in [0.25, 0.3) is 0 Å². The Morgan fingerprint density at radius 1 is 0.556 bits per heavy atom. The molecule has 0 radical (unpaired) electrons. The third kappa shape index (κ3) is 46.7. The van der Waals surface area contributed by atoms with Crippen LogP contribution in [0.1, 0.15) is 245 Å². The van der Waals surface area contributed by atoms with E-state index < -0.39 is 38.6 Å². The van der Waals surface area contributed by atoms with Gasteiger partial charge in [0.15, 0.2) is 0 Å². The first kappa shape index (κ1) is 61.4. The van der Waals surface area contributed by atoms with Gasteiger partial charge in [0, 0.05) is 6.54 Å². The van der Waals surface area contributed by atoms with Crippen LogP contribution in [0.2, 0.25) is 0 Å². The van der Waals surface area contributed by atoms with E-state index in [1.807, 2.05) is 6.08 Å². The van der Waals surface area contributed by atoms with Crippen molar-refractivity contribution in [2.45, 2.75) is 263 Å². The number of carbonyl (C=O) groups is 1. The second kappa shape index (κ2) is 48.4. The lowest BCUT2D eigenvalue weighted by atomic mass is 10.0. The van der Waals surface area contributed by atoms with E-state index in [1.165, 1.54) is 154 Å². The largest absolute Gasteiger partial charge is 0.472 e. The highest BCUT2D eigenvalue weighted by Crippen LogP contribution is 2.43. The van der Waals surface area contributed by atoms with E-state index in [-0.39, 0.29) is 19.6 Å². The SMILES string of the molecule is CCCCCCCCCCC/C=C\C/C=C\CCCCCCCC(O)CC(=O)NC(COP(=O)(O)OCCN)C(O)/C=C/CC/C=C/CCCCCCCCCCCCCCCC. The van der Waals surface area contributed by atoms with E-state index in [0.717, 1.165) is 57.8 Å². The Balaban J connectivity index is 4.25. The summed E-state index contributed by atoms with van der Waals surface area (Å²) in [5.41, 5.74) is 5.38. The molecule has 0 saturated heterocycles. The fraction of sp³-hybridized carbons (Fsp3) is 0.830. The molecule has 4 unspecified atom stereocenters. The second-order valence-electron chi connectivity index (χ2n) is 17.9. The van der Waals surface area contributed by atoms with Gasteiger partial charge in [-0.15, -0.1) is 0 Å². The molecule has 0 heterocycles. The van der Waals surface area contributed by atoms with Crippen LogP contribution < -0.4 is 11.1 Å². The number of hydrogen-bond acceptors (Lipinski definition) is 7. The molecular formula is C53H101N2O7P. The Labute approximate surface area is 388 Å². The number of aliphatic hydroxyl groups is 2. The first-order chi connectivity index (χ1) is 30.8. The number of amides is 1. The van der Waals surface area contributed by atoms with Gasteiger partial charge in [0.05, 0.1) is 37.9 Å². The maximum atomic E-state index is 12.9. The summed E-state index contributed by atoms with van der Waals surface area (Å²) in [5, 5.41) is 24.2. The molecule has 6 N–H and O–H groups in total. The third-order valence-electron chi connectivity index (χ3n) is 11.7. The van der Waals surface area contributed by atoms with Gasteiger partial charge in [-0.05, 0) is 64.2 Å². The van der Waals surface area contributed by atoms with Gasteiger partial charge in [-0.2, -0.15) is 0 Å². The molecule has 370 valence electrons. The number of rotatable bonds is 49. The zero-order valence-corrected chi connectivity index (χ0v) is 41.8. The summed E-state index contributed by atoms with van der Waals surface area (Å²) in [5.74, 6) is -0.462. The standard InChI is InChI=1S/C53H101N2O7P/c1-3-5-7-9-11-13-15-17-19-21-23-25-26-28-30-32-34-36-38-40-42-44-50(56)48-53(58)55-51(49-62-63(59,60)61-47-46-54)52(57)45-43-41-39-37-35-33-31-29-27-24-22-20-18-16-14-12-10-8-6-4-2/h23,25,28,30,35,37,43,45,50-52,56-57H,3-22,24,26-27,29,31-34,36,38-42,44,46-49,54H2,1-2H3,(H,55,58)(H,59,60)/b25-23-,30-28-,37-35+,45-43+. The smallest absolute Gasteiger partial charge is 0.393 e. The van der Waals surface area contributed by atoms with Crippen LogP contribution in [0.3, 0.4) is 0 Å². The highest BCUT2D eigenvalue weighted by Gasteiger charge is 2.27. The first-order valence-electron chi connectivity index (χ1n) is 26.3. The number of nitrogens with one attached hydrogen (secondary N) is 1. The third-order valence-corrected chi connectivity index (χ3v) is 12.7. The minimum Gasteiger partial charge on any atom is -0.393 e. The molecule has 0 spiro atoms. The number of aliphatic hydroxyl groups excluding tert-OH is 2. The average molecular weight is 909 g/mol. The molecule has 0 aliphatic carbocycles. The van der Waals surface area contributed by atoms with Crippen LogP contribution in [0.4, 0.5) is 0 Å². The molecule has 1 amide bonds. The quantitative estimate of drug-likeness (QED) is 0.0230. The summed E-state index contributed by atoms with van der Waals surface area (Å²) in [6, 6.07) is -1.01. The lowest BCUT2D eigenvalue weighted by Crippen LogP contribution is -2.46. The van der Waals surface area contributed by atoms with Gasteiger partial charge >= 0.3 is 7.82 Å². The molecule has 0 aliphatic heterocycles. The summed E-state index contributed by atoms with van der Waals surface area (Å²) < 4.78 is 22.2. The molecule has 0 bridgehead atoms. The lowest BCUT2D eigenvalue weighted by molar-refractivity contribution is -0.124. The van der Waals surface area contributed by atoms with Crippen molar-refractivity contribution in [1.82, 2.24) is 5.32 Å². The van der Waals surface area contributed by atoms with E-state index in [0.29, 0.717) is 12.8 Å². The van der Waals surface area contributed by atoms with Crippen molar-refractivity contribution >= 4 is 13.7 Å². The van der Waals surface area contributed by atoms with Crippen LogP contribution >= 0.6 is 7.82 Å². The predicted octanol–water partition coefficient (Wildman–Crippen LogP) is 14.6. The summed E-state index contributed by atoms with van der Waals surface area (Å²) in [7, 11) is -4.42. The Bertz CT molecular complexity index is 1150. The average Bonchev–Trinajstić information content (AvgIpc) is 3.26. The van der Waals surface area contributed by atoms with E-state index in [4.69, 9.17) is 14.8 Å². The van der Waals surface area contributed by atoms with Crippen molar-refractivity contribution in [2.75, 3.05) is 19.8 Å². The monoisotopic (exact) mass is 909 g/mol. The number of hydrogen-bond donors (Lipinski definition) is 5. The van der Waals surface area contributed by atoms with Crippen molar-refractivity contribution in [1.29, 1.82) is 0 Å². The van der Waals surface area contributed by atoms with E-state index in [2.05, 4.69) is 55.6 Å². The molecule has 0 aromatic carbocycles. The zero-order valence-electron chi connectivity index (χ0n) is 40.9. The maximum Gasteiger partial charge on any atom is 0.472 e. The number of unbranched alkanes of at least 4 members (excludes halogenated alkanes) is 29. The van der Waals surface area contributed by atoms with Gasteiger partial charge < -0.3 is 26.2 Å². The summed E-state index contributed by atoms with van der Waals surface area (Å²) in [6.07, 6.45) is 57.8. The Morgan fingerprint density at radius 2 is 0.952 bits per heavy atom. The van der Waals surface area contributed by atoms with Crippen molar-refractivity contribution in [3.63, 3.8) is 0 Å². The minimum absolute atomic E-state index is 0.0418. The van der Waals surface area contributed by atoms with E-state index in [9.17, 15) is 24.5 Å². The van der Waals surface area contributed by atoms with Crippen molar-refractivity contribution < 1.29 is 33.5 Å². The van der Waals surface area contributed by atoms with Crippen LogP contribution in [-0.2, 0) is 18.4 Å². The normalized spacial score (nSPS) is 14.7. The van der Waals surface area contributed by atoms with Gasteiger partial charge in [-0.3, -0.25) is 13.8 Å². The molecule has 0 aromatic heterocycles. The van der Waals surface area contributed by atoms with Gasteiger partial charge in [0.25, 0.3) is 0 Å². The number of phosphoric acid groups is 1. The van der Waals surface area contributed by atoms with Crippen molar-refractivity contribution in [2.24, 2.45) is 5.73 Å². The second-order valence-corrected chi connectivity index (χ2v) is 19.4. The number of carbonyl (C=O) groups excluding carboxylic acids is 1. The summed E-state index contributed by atoms with van der Waals surface area (Å²) in [4.78, 5) is 22.9. The molecule has 0 saturated carbocycles. The van der Waals surface area contributed by atoms with E-state index >= 15 is 0 Å². The number of phosphoric ester groups is 1. The zero-order chi connectivity index (χ0) is 46.2. The fourth-order valence-electron chi connectivity index (χ4n) is 7.69. The van der Waals surface area contributed by atoms with Crippen molar-refractivity contribution in [3.05, 3.63) is 48.6 Å². The molecule has 0 fully saturated rings. The molecule has 0 aliphatic rings. The topological polar surface area (TPSA) is 151 Å². The highest BCUT2D eigenvalue weighted by atomic mass is 31.2. The minimum atomic E-state index is -4.42. The van der Waals surface area contributed by atoms with Crippen LogP contribution in [0.5, 0.6) is 0 Å². The van der Waals surface area contributed by atoms with Crippen molar-refractivity contribution in [3.8, 4) is 0 Å². The molecule has 0 rings (SSSR count). The van der Waals surface area contributed by atoms with Crippen LogP contribution in [-0.4, -0.2) is 59.0 Å². The highest BCUT2D eigenvalue weighted by molar-refractivity contribution is 7.47. The molecule has 63 heavy (non-hydrogen) atoms. The lowest BCUT2D eigenvalue weighted by Gasteiger charge is -2.24. The van der Waals surface area contributed by atoms with Gasteiger partial charge in [0.1, 0.15) is 0 Å². The van der Waals surface area contributed by atoms with Crippen LogP contribution in [0.15, 0.2) is 48.6 Å². The van der Waals surface area contributed by atoms with Gasteiger partial charge in [0.2, 0.25) is 5.91 Å². The summed E-state index contributed by atoms with van der Waals surface area (Å²) >= 11 is 0. The van der Waals surface area contributed by atoms with Crippen LogP contribution in [0, 0.1) is 0 Å². The first-order valence-corrected chi connectivity index (χ1v) is 27.8. The Hall–Kier alpha value is -1.58. The Kier molecular flexibility index (Phi) is 47.1. The van der Waals surface area contributed by atoms with Gasteiger partial charge in [-0.1, -0.05) is 223 Å². The number of allylic oxidation sites excluding steroid dienone is 7. The summed E-state index contributed by atoms with van der Waals surface area (Å²) in [6.45, 7) is 3.97. The number of nitrogens with two attached hydrogens (primary N) is 1. The van der Waals surface area contributed by atoms with Gasteiger partial charge in [-0.25, -0.2) is 4.57 Å².